The zero-order valence-corrected chi connectivity index (χ0v) is 11.5. The third kappa shape index (κ3) is 2.29. The molecular formula is C14H14ClN3O2. The first kappa shape index (κ1) is 13.1. The Bertz CT molecular complexity index is 662. The van der Waals surface area contributed by atoms with Crippen LogP contribution in [0.5, 0.6) is 0 Å². The molecule has 1 aromatic carbocycles. The number of halogens is 1. The Morgan fingerprint density at radius 3 is 3.00 bits per heavy atom. The van der Waals surface area contributed by atoms with Crippen LogP contribution in [0.25, 0.3) is 10.9 Å². The summed E-state index contributed by atoms with van der Waals surface area (Å²) >= 11 is 6.04. The van der Waals surface area contributed by atoms with Crippen LogP contribution in [0.3, 0.4) is 0 Å². The Balaban J connectivity index is 2.12. The maximum absolute atomic E-state index is 11.4. The van der Waals surface area contributed by atoms with Crippen molar-refractivity contribution in [3.05, 3.63) is 29.5 Å². The van der Waals surface area contributed by atoms with Gasteiger partial charge in [-0.3, -0.25) is 0 Å². The highest BCUT2D eigenvalue weighted by Crippen LogP contribution is 2.30. The zero-order valence-electron chi connectivity index (χ0n) is 10.8. The molecule has 6 heteroatoms. The number of carbonyl (C=O) groups is 1. The monoisotopic (exact) mass is 291 g/mol. The van der Waals surface area contributed by atoms with Crippen molar-refractivity contribution in [2.45, 2.75) is 25.3 Å². The molecule has 1 saturated heterocycles. The second-order valence-corrected chi connectivity index (χ2v) is 5.34. The van der Waals surface area contributed by atoms with Crippen LogP contribution < -0.4 is 4.90 Å². The maximum atomic E-state index is 11.4. The number of anilines is 1. The van der Waals surface area contributed by atoms with E-state index in [1.807, 2.05) is 11.0 Å². The minimum atomic E-state index is -0.807. The fourth-order valence-corrected chi connectivity index (χ4v) is 2.86. The molecular weight excluding hydrogens is 278 g/mol. The molecule has 1 aliphatic rings. The molecule has 0 spiro atoms. The van der Waals surface area contributed by atoms with Crippen molar-refractivity contribution in [2.24, 2.45) is 0 Å². The van der Waals surface area contributed by atoms with E-state index in [9.17, 15) is 9.90 Å². The summed E-state index contributed by atoms with van der Waals surface area (Å²) < 4.78 is 0. The van der Waals surface area contributed by atoms with E-state index in [4.69, 9.17) is 11.6 Å². The standard InChI is InChI=1S/C14H14ClN3O2/c15-9-4-5-11-10(7-9)13(17-8-16-11)18-6-2-1-3-12(18)14(19)20/h4-5,7-8,12H,1-3,6H2,(H,19,20). The summed E-state index contributed by atoms with van der Waals surface area (Å²) in [5.41, 5.74) is 0.772. The molecule has 2 heterocycles. The van der Waals surface area contributed by atoms with Gasteiger partial charge in [-0.1, -0.05) is 11.6 Å². The van der Waals surface area contributed by atoms with Gasteiger partial charge in [0.05, 0.1) is 5.52 Å². The first-order valence-corrected chi connectivity index (χ1v) is 6.94. The van der Waals surface area contributed by atoms with E-state index in [1.165, 1.54) is 6.33 Å². The molecule has 0 amide bonds. The van der Waals surface area contributed by atoms with Crippen LogP contribution in [0.2, 0.25) is 5.02 Å². The van der Waals surface area contributed by atoms with Gasteiger partial charge in [0.2, 0.25) is 0 Å². The molecule has 20 heavy (non-hydrogen) atoms. The van der Waals surface area contributed by atoms with E-state index in [2.05, 4.69) is 9.97 Å². The van der Waals surface area contributed by atoms with Gasteiger partial charge in [0.25, 0.3) is 0 Å². The topological polar surface area (TPSA) is 66.3 Å². The van der Waals surface area contributed by atoms with Gasteiger partial charge >= 0.3 is 5.97 Å². The van der Waals surface area contributed by atoms with Gasteiger partial charge in [0.1, 0.15) is 18.2 Å². The lowest BCUT2D eigenvalue weighted by Gasteiger charge is -2.34. The molecule has 1 N–H and O–H groups in total. The second kappa shape index (κ2) is 5.25. The third-order valence-corrected chi connectivity index (χ3v) is 3.87. The van der Waals surface area contributed by atoms with Crippen LogP contribution in [0.4, 0.5) is 5.82 Å². The van der Waals surface area contributed by atoms with Crippen molar-refractivity contribution in [1.82, 2.24) is 9.97 Å². The lowest BCUT2D eigenvalue weighted by Crippen LogP contribution is -2.45. The van der Waals surface area contributed by atoms with Gasteiger partial charge in [-0.2, -0.15) is 0 Å². The van der Waals surface area contributed by atoms with Crippen molar-refractivity contribution in [3.8, 4) is 0 Å². The third-order valence-electron chi connectivity index (χ3n) is 3.64. The number of aliphatic carboxylic acids is 1. The molecule has 1 atom stereocenters. The van der Waals surface area contributed by atoms with Gasteiger partial charge in [0, 0.05) is 17.0 Å². The summed E-state index contributed by atoms with van der Waals surface area (Å²) in [5, 5.41) is 10.8. The summed E-state index contributed by atoms with van der Waals surface area (Å²) in [5.74, 6) is -0.150. The zero-order chi connectivity index (χ0) is 14.1. The summed E-state index contributed by atoms with van der Waals surface area (Å²) in [4.78, 5) is 21.8. The van der Waals surface area contributed by atoms with Gasteiger partial charge in [0.15, 0.2) is 0 Å². The second-order valence-electron chi connectivity index (χ2n) is 4.90. The normalized spacial score (nSPS) is 19.2. The van der Waals surface area contributed by atoms with Crippen LogP contribution in [0, 0.1) is 0 Å². The van der Waals surface area contributed by atoms with Crippen LogP contribution in [0.1, 0.15) is 19.3 Å². The van der Waals surface area contributed by atoms with Crippen molar-refractivity contribution >= 4 is 34.3 Å². The van der Waals surface area contributed by atoms with Crippen LogP contribution in [-0.2, 0) is 4.79 Å². The van der Waals surface area contributed by atoms with E-state index in [0.717, 1.165) is 23.7 Å². The van der Waals surface area contributed by atoms with Crippen molar-refractivity contribution in [3.63, 3.8) is 0 Å². The molecule has 0 radical (unpaired) electrons. The number of fused-ring (bicyclic) bond motifs is 1. The molecule has 1 aliphatic heterocycles. The number of hydrogen-bond donors (Lipinski definition) is 1. The maximum Gasteiger partial charge on any atom is 0.326 e. The Labute approximate surface area is 121 Å². The highest BCUT2D eigenvalue weighted by Gasteiger charge is 2.30. The van der Waals surface area contributed by atoms with Gasteiger partial charge in [-0.05, 0) is 37.5 Å². The smallest absolute Gasteiger partial charge is 0.326 e. The van der Waals surface area contributed by atoms with Crippen molar-refractivity contribution in [2.75, 3.05) is 11.4 Å². The summed E-state index contributed by atoms with van der Waals surface area (Å²) in [6.07, 6.45) is 4.01. The fraction of sp³-hybridized carbons (Fsp3) is 0.357. The van der Waals surface area contributed by atoms with E-state index in [1.54, 1.807) is 12.1 Å². The lowest BCUT2D eigenvalue weighted by molar-refractivity contribution is -0.139. The minimum absolute atomic E-state index is 0.527. The molecule has 0 saturated carbocycles. The predicted octanol–water partition coefficient (Wildman–Crippen LogP) is 2.73. The Morgan fingerprint density at radius 1 is 1.35 bits per heavy atom. The summed E-state index contributed by atoms with van der Waals surface area (Å²) in [6, 6.07) is 4.86. The molecule has 0 bridgehead atoms. The van der Waals surface area contributed by atoms with Gasteiger partial charge in [-0.15, -0.1) is 0 Å². The average Bonchev–Trinajstić information content (AvgIpc) is 2.46. The van der Waals surface area contributed by atoms with Crippen LogP contribution >= 0.6 is 11.6 Å². The summed E-state index contributed by atoms with van der Waals surface area (Å²) in [7, 11) is 0. The summed E-state index contributed by atoms with van der Waals surface area (Å²) in [6.45, 7) is 0.690. The van der Waals surface area contributed by atoms with Crippen LogP contribution in [0.15, 0.2) is 24.5 Å². The Hall–Kier alpha value is -1.88. The molecule has 2 aromatic rings. The molecule has 3 rings (SSSR count). The minimum Gasteiger partial charge on any atom is -0.480 e. The largest absolute Gasteiger partial charge is 0.480 e. The molecule has 1 unspecified atom stereocenters. The van der Waals surface area contributed by atoms with Crippen LogP contribution in [-0.4, -0.2) is 33.6 Å². The number of nitrogens with zero attached hydrogens (tertiary/aromatic N) is 3. The first-order chi connectivity index (χ1) is 9.66. The van der Waals surface area contributed by atoms with Gasteiger partial charge < -0.3 is 10.0 Å². The lowest BCUT2D eigenvalue weighted by atomic mass is 10.0. The molecule has 1 aromatic heterocycles. The number of benzene rings is 1. The number of carboxylic acid groups (broad SMARTS) is 1. The van der Waals surface area contributed by atoms with Gasteiger partial charge in [-0.25, -0.2) is 14.8 Å². The highest BCUT2D eigenvalue weighted by molar-refractivity contribution is 6.31. The van der Waals surface area contributed by atoms with Crippen molar-refractivity contribution in [1.29, 1.82) is 0 Å². The van der Waals surface area contributed by atoms with E-state index < -0.39 is 12.0 Å². The molecule has 1 fully saturated rings. The van der Waals surface area contributed by atoms with Crippen molar-refractivity contribution < 1.29 is 9.90 Å². The number of aromatic nitrogens is 2. The highest BCUT2D eigenvalue weighted by atomic mass is 35.5. The Morgan fingerprint density at radius 2 is 2.20 bits per heavy atom. The first-order valence-electron chi connectivity index (χ1n) is 6.56. The van der Waals surface area contributed by atoms with E-state index in [0.29, 0.717) is 23.8 Å². The SMILES string of the molecule is O=C(O)C1CCCCN1c1ncnc2ccc(Cl)cc12. The van der Waals surface area contributed by atoms with E-state index >= 15 is 0 Å². The molecule has 104 valence electrons. The number of hydrogen-bond acceptors (Lipinski definition) is 4. The average molecular weight is 292 g/mol. The number of rotatable bonds is 2. The quantitative estimate of drug-likeness (QED) is 0.921. The fourth-order valence-electron chi connectivity index (χ4n) is 2.69. The molecule has 0 aliphatic carbocycles. The predicted molar refractivity (Wildman–Crippen MR) is 77.2 cm³/mol. The number of carboxylic acids is 1. The Kier molecular flexibility index (Phi) is 3.44. The van der Waals surface area contributed by atoms with E-state index in [-0.39, 0.29) is 0 Å². The number of piperidine rings is 1. The molecule has 5 nitrogen and oxygen atoms in total.